The van der Waals surface area contributed by atoms with Gasteiger partial charge in [-0.2, -0.15) is 5.10 Å². The third-order valence-corrected chi connectivity index (χ3v) is 4.42. The quantitative estimate of drug-likeness (QED) is 0.493. The summed E-state index contributed by atoms with van der Waals surface area (Å²) in [6.45, 7) is 0. The molecule has 0 amide bonds. The van der Waals surface area contributed by atoms with Gasteiger partial charge in [0.05, 0.1) is 11.3 Å². The van der Waals surface area contributed by atoms with Gasteiger partial charge in [0.15, 0.2) is 5.58 Å². The minimum absolute atomic E-state index is 0.160. The zero-order valence-electron chi connectivity index (χ0n) is 14.3. The summed E-state index contributed by atoms with van der Waals surface area (Å²) in [6.07, 6.45) is 1.88. The lowest BCUT2D eigenvalue weighted by Gasteiger charge is -2.02. The van der Waals surface area contributed by atoms with Gasteiger partial charge >= 0.3 is 0 Å². The summed E-state index contributed by atoms with van der Waals surface area (Å²) in [5.41, 5.74) is 4.37. The molecule has 5 aromatic rings. The molecule has 0 aliphatic rings. The predicted molar refractivity (Wildman–Crippen MR) is 104 cm³/mol. The van der Waals surface area contributed by atoms with Crippen molar-refractivity contribution in [1.29, 1.82) is 0 Å². The fraction of sp³-hybridized carbons (Fsp3) is 0. The fourth-order valence-corrected chi connectivity index (χ4v) is 3.10. The van der Waals surface area contributed by atoms with E-state index >= 15 is 0 Å². The molecule has 0 unspecified atom stereocenters. The smallest absolute Gasteiger partial charge is 0.231 e. The molecule has 0 atom stereocenters. The number of aromatic hydroxyl groups is 1. The lowest BCUT2D eigenvalue weighted by molar-refractivity contribution is 0.477. The highest BCUT2D eigenvalue weighted by Gasteiger charge is 2.20. The van der Waals surface area contributed by atoms with Gasteiger partial charge in [0.1, 0.15) is 17.0 Å². The Kier molecular flexibility index (Phi) is 3.50. The van der Waals surface area contributed by atoms with Crippen molar-refractivity contribution in [2.45, 2.75) is 0 Å². The Balaban J connectivity index is 1.75. The highest BCUT2D eigenvalue weighted by molar-refractivity contribution is 5.83. The third kappa shape index (κ3) is 2.66. The second-order valence-electron chi connectivity index (χ2n) is 6.18. The summed E-state index contributed by atoms with van der Waals surface area (Å²) in [4.78, 5) is 4.60. The van der Waals surface area contributed by atoms with Crippen molar-refractivity contribution in [1.82, 2.24) is 14.8 Å². The van der Waals surface area contributed by atoms with E-state index in [4.69, 9.17) is 9.52 Å². The average Bonchev–Trinajstić information content (AvgIpc) is 3.33. The van der Waals surface area contributed by atoms with Crippen LogP contribution in [0.5, 0.6) is 5.75 Å². The number of benzene rings is 3. The maximum atomic E-state index is 10.4. The molecule has 130 valence electrons. The zero-order valence-corrected chi connectivity index (χ0v) is 14.3. The van der Waals surface area contributed by atoms with Crippen molar-refractivity contribution < 1.29 is 9.52 Å². The standard InChI is InChI=1S/C22H15N3O2/c26-19-12-6-4-10-16(19)21-17(14-25(24-21)15-8-2-1-3-9-15)22-23-18-11-5-7-13-20(18)27-22/h1-14,26H. The van der Waals surface area contributed by atoms with E-state index in [1.54, 1.807) is 16.8 Å². The summed E-state index contributed by atoms with van der Waals surface area (Å²) in [5.74, 6) is 0.629. The molecule has 0 radical (unpaired) electrons. The summed E-state index contributed by atoms with van der Waals surface area (Å²) in [6, 6.07) is 24.6. The van der Waals surface area contributed by atoms with E-state index in [-0.39, 0.29) is 5.75 Å². The molecule has 1 N–H and O–H groups in total. The maximum Gasteiger partial charge on any atom is 0.231 e. The highest BCUT2D eigenvalue weighted by Crippen LogP contribution is 2.37. The number of oxazole rings is 1. The molecule has 0 aliphatic heterocycles. The van der Waals surface area contributed by atoms with Crippen LogP contribution in [0.1, 0.15) is 0 Å². The van der Waals surface area contributed by atoms with Gasteiger partial charge in [-0.05, 0) is 36.4 Å². The number of rotatable bonds is 3. The van der Waals surface area contributed by atoms with Crippen LogP contribution in [0.15, 0.2) is 89.5 Å². The molecule has 0 saturated carbocycles. The summed E-state index contributed by atoms with van der Waals surface area (Å²) in [7, 11) is 0. The van der Waals surface area contributed by atoms with Crippen LogP contribution in [0.2, 0.25) is 0 Å². The Labute approximate surface area is 155 Å². The largest absolute Gasteiger partial charge is 0.507 e. The lowest BCUT2D eigenvalue weighted by atomic mass is 10.1. The number of hydrogen-bond donors (Lipinski definition) is 1. The van der Waals surface area contributed by atoms with Crippen LogP contribution >= 0.6 is 0 Å². The van der Waals surface area contributed by atoms with Gasteiger partial charge in [0.2, 0.25) is 5.89 Å². The van der Waals surface area contributed by atoms with Crippen molar-refractivity contribution >= 4 is 11.1 Å². The van der Waals surface area contributed by atoms with E-state index in [0.717, 1.165) is 16.8 Å². The van der Waals surface area contributed by atoms with Gasteiger partial charge in [-0.1, -0.05) is 42.5 Å². The molecular weight excluding hydrogens is 338 g/mol. The summed E-state index contributed by atoms with van der Waals surface area (Å²) < 4.78 is 7.73. The number of para-hydroxylation sites is 4. The van der Waals surface area contributed by atoms with Crippen molar-refractivity contribution in [3.8, 4) is 34.1 Å². The van der Waals surface area contributed by atoms with Crippen molar-refractivity contribution in [3.05, 3.63) is 85.1 Å². The first-order valence-corrected chi connectivity index (χ1v) is 8.59. The first kappa shape index (κ1) is 15.4. The number of phenolic OH excluding ortho intramolecular Hbond substituents is 1. The second kappa shape index (κ2) is 6.14. The van der Waals surface area contributed by atoms with Crippen LogP contribution in [-0.4, -0.2) is 19.9 Å². The number of aromatic nitrogens is 3. The maximum absolute atomic E-state index is 10.4. The molecule has 2 aromatic heterocycles. The molecule has 2 heterocycles. The molecule has 3 aromatic carbocycles. The minimum atomic E-state index is 0.160. The Morgan fingerprint density at radius 1 is 0.778 bits per heavy atom. The Morgan fingerprint density at radius 3 is 2.33 bits per heavy atom. The Bertz CT molecular complexity index is 1210. The van der Waals surface area contributed by atoms with Crippen LogP contribution in [0.3, 0.4) is 0 Å². The van der Waals surface area contributed by atoms with E-state index in [1.165, 1.54) is 0 Å². The lowest BCUT2D eigenvalue weighted by Crippen LogP contribution is -1.94. The Morgan fingerprint density at radius 2 is 1.52 bits per heavy atom. The molecule has 0 aliphatic carbocycles. The topological polar surface area (TPSA) is 64.1 Å². The van der Waals surface area contributed by atoms with Crippen LogP contribution in [-0.2, 0) is 0 Å². The molecule has 5 heteroatoms. The van der Waals surface area contributed by atoms with E-state index < -0.39 is 0 Å². The molecule has 5 nitrogen and oxygen atoms in total. The normalized spacial score (nSPS) is 11.1. The number of hydrogen-bond acceptors (Lipinski definition) is 4. The molecular formula is C22H15N3O2. The van der Waals surface area contributed by atoms with Gasteiger partial charge in [-0.15, -0.1) is 0 Å². The monoisotopic (exact) mass is 353 g/mol. The minimum Gasteiger partial charge on any atom is -0.507 e. The molecule has 0 saturated heterocycles. The van der Waals surface area contributed by atoms with Gasteiger partial charge in [0.25, 0.3) is 0 Å². The van der Waals surface area contributed by atoms with E-state index in [0.29, 0.717) is 22.7 Å². The van der Waals surface area contributed by atoms with E-state index in [2.05, 4.69) is 4.98 Å². The molecule has 0 bridgehead atoms. The van der Waals surface area contributed by atoms with Crippen LogP contribution in [0.4, 0.5) is 0 Å². The van der Waals surface area contributed by atoms with Gasteiger partial charge in [0, 0.05) is 11.8 Å². The fourth-order valence-electron chi connectivity index (χ4n) is 3.10. The SMILES string of the molecule is Oc1ccccc1-c1nn(-c2ccccc2)cc1-c1nc2ccccc2o1. The average molecular weight is 353 g/mol. The van der Waals surface area contributed by atoms with Gasteiger partial charge < -0.3 is 9.52 Å². The molecule has 0 fully saturated rings. The van der Waals surface area contributed by atoms with Crippen LogP contribution in [0, 0.1) is 0 Å². The molecule has 5 rings (SSSR count). The number of nitrogens with zero attached hydrogens (tertiary/aromatic N) is 3. The molecule has 27 heavy (non-hydrogen) atoms. The van der Waals surface area contributed by atoms with Crippen molar-refractivity contribution in [3.63, 3.8) is 0 Å². The van der Waals surface area contributed by atoms with Gasteiger partial charge in [-0.25, -0.2) is 9.67 Å². The van der Waals surface area contributed by atoms with E-state index in [9.17, 15) is 5.11 Å². The number of fused-ring (bicyclic) bond motifs is 1. The second-order valence-corrected chi connectivity index (χ2v) is 6.18. The van der Waals surface area contributed by atoms with Crippen LogP contribution in [0.25, 0.3) is 39.5 Å². The first-order chi connectivity index (χ1) is 13.3. The van der Waals surface area contributed by atoms with Crippen molar-refractivity contribution in [2.24, 2.45) is 0 Å². The third-order valence-electron chi connectivity index (χ3n) is 4.42. The first-order valence-electron chi connectivity index (χ1n) is 8.59. The highest BCUT2D eigenvalue weighted by atomic mass is 16.3. The summed E-state index contributed by atoms with van der Waals surface area (Å²) in [5, 5.41) is 15.1. The number of phenols is 1. The van der Waals surface area contributed by atoms with Crippen molar-refractivity contribution in [2.75, 3.05) is 0 Å². The summed E-state index contributed by atoms with van der Waals surface area (Å²) >= 11 is 0. The van der Waals surface area contributed by atoms with Crippen LogP contribution < -0.4 is 0 Å². The van der Waals surface area contributed by atoms with E-state index in [1.807, 2.05) is 72.9 Å². The Hall–Kier alpha value is -3.86. The predicted octanol–water partition coefficient (Wildman–Crippen LogP) is 5.05. The zero-order chi connectivity index (χ0) is 18.2. The molecule has 0 spiro atoms. The van der Waals surface area contributed by atoms with Gasteiger partial charge in [-0.3, -0.25) is 0 Å².